The normalized spacial score (nSPS) is 11.5. The SMILES string of the molecule is c1ccc(-c2cc(-c3ccccc3)cc(-c3ccc(-c4ccc5sc6cc7c8ccccc8n(-c8ccccc8)c7cc6c5c4)c(-c4nc(-c5ccccc5)nc(-c5ccccc5)n4)c3)c2)cc1. The van der Waals surface area contributed by atoms with Crippen molar-refractivity contribution in [3.8, 4) is 84.4 Å². The summed E-state index contributed by atoms with van der Waals surface area (Å²) in [4.78, 5) is 15.7. The molecule has 0 aliphatic heterocycles. The van der Waals surface area contributed by atoms with Crippen molar-refractivity contribution in [2.75, 3.05) is 0 Å². The predicted molar refractivity (Wildman–Crippen MR) is 285 cm³/mol. The highest BCUT2D eigenvalue weighted by molar-refractivity contribution is 7.25. The van der Waals surface area contributed by atoms with Crippen LogP contribution in [0.2, 0.25) is 0 Å². The van der Waals surface area contributed by atoms with Gasteiger partial charge >= 0.3 is 0 Å². The van der Waals surface area contributed by atoms with Gasteiger partial charge in [-0.2, -0.15) is 0 Å². The number of hydrogen-bond acceptors (Lipinski definition) is 4. The molecule has 0 radical (unpaired) electrons. The van der Waals surface area contributed by atoms with Crippen LogP contribution in [0.15, 0.2) is 243 Å². The smallest absolute Gasteiger partial charge is 0.164 e. The third-order valence-corrected chi connectivity index (χ3v) is 14.2. The van der Waals surface area contributed by atoms with Crippen molar-refractivity contribution >= 4 is 53.3 Å². The Hall–Kier alpha value is -8.77. The molecule has 0 fully saturated rings. The van der Waals surface area contributed by atoms with Crippen LogP contribution in [0.3, 0.4) is 0 Å². The number of nitrogens with zero attached hydrogens (tertiary/aromatic N) is 4. The Bertz CT molecular complexity index is 3880. The molecule has 13 aromatic rings. The minimum absolute atomic E-state index is 0.612. The van der Waals surface area contributed by atoms with Crippen LogP contribution in [-0.4, -0.2) is 19.5 Å². The number of aromatic nitrogens is 4. The Morgan fingerprint density at radius 2 is 0.765 bits per heavy atom. The Labute approximate surface area is 397 Å². The van der Waals surface area contributed by atoms with Crippen molar-refractivity contribution in [1.29, 1.82) is 0 Å². The first-order chi connectivity index (χ1) is 33.7. The van der Waals surface area contributed by atoms with Crippen molar-refractivity contribution < 1.29 is 0 Å². The van der Waals surface area contributed by atoms with Crippen molar-refractivity contribution in [1.82, 2.24) is 19.5 Å². The van der Waals surface area contributed by atoms with Crippen molar-refractivity contribution in [3.63, 3.8) is 0 Å². The highest BCUT2D eigenvalue weighted by Gasteiger charge is 2.20. The van der Waals surface area contributed by atoms with Gasteiger partial charge in [0, 0.05) is 53.3 Å². The maximum Gasteiger partial charge on any atom is 0.164 e. The van der Waals surface area contributed by atoms with E-state index >= 15 is 0 Å². The van der Waals surface area contributed by atoms with Crippen LogP contribution in [0, 0.1) is 0 Å². The van der Waals surface area contributed by atoms with Crippen molar-refractivity contribution in [2.45, 2.75) is 0 Å². The first kappa shape index (κ1) is 39.6. The highest BCUT2D eigenvalue weighted by atomic mass is 32.1. The lowest BCUT2D eigenvalue weighted by molar-refractivity contribution is 1.07. The summed E-state index contributed by atoms with van der Waals surface area (Å²) in [6, 6.07) is 86.6. The van der Waals surface area contributed by atoms with E-state index in [-0.39, 0.29) is 0 Å². The summed E-state index contributed by atoms with van der Waals surface area (Å²) in [7, 11) is 0. The van der Waals surface area contributed by atoms with E-state index in [2.05, 4.69) is 211 Å². The van der Waals surface area contributed by atoms with E-state index in [1.165, 1.54) is 53.1 Å². The molecular weight excluding hydrogens is 845 g/mol. The number of fused-ring (bicyclic) bond motifs is 6. The van der Waals surface area contributed by atoms with Gasteiger partial charge in [-0.15, -0.1) is 11.3 Å². The lowest BCUT2D eigenvalue weighted by atomic mass is 9.90. The molecule has 0 atom stereocenters. The lowest BCUT2D eigenvalue weighted by Crippen LogP contribution is -2.01. The Kier molecular flexibility index (Phi) is 9.66. The van der Waals surface area contributed by atoms with Gasteiger partial charge in [0.1, 0.15) is 0 Å². The average molecular weight is 885 g/mol. The molecule has 0 amide bonds. The first-order valence-electron chi connectivity index (χ1n) is 22.9. The van der Waals surface area contributed by atoms with Crippen molar-refractivity contribution in [3.05, 3.63) is 243 Å². The maximum absolute atomic E-state index is 5.32. The third kappa shape index (κ3) is 7.05. The van der Waals surface area contributed by atoms with Crippen LogP contribution in [0.1, 0.15) is 0 Å². The topological polar surface area (TPSA) is 43.6 Å². The number of thiophene rings is 1. The minimum Gasteiger partial charge on any atom is -0.309 e. The molecule has 0 aliphatic rings. The van der Waals surface area contributed by atoms with Crippen LogP contribution >= 0.6 is 11.3 Å². The van der Waals surface area contributed by atoms with Gasteiger partial charge in [0.15, 0.2) is 17.5 Å². The Morgan fingerprint density at radius 3 is 1.38 bits per heavy atom. The predicted octanol–water partition coefficient (Wildman–Crippen LogP) is 17.0. The van der Waals surface area contributed by atoms with Gasteiger partial charge in [0.2, 0.25) is 0 Å². The zero-order valence-electron chi connectivity index (χ0n) is 36.8. The van der Waals surface area contributed by atoms with Crippen LogP contribution in [0.5, 0.6) is 0 Å². The number of rotatable bonds is 8. The minimum atomic E-state index is 0.612. The number of benzene rings is 10. The first-order valence-corrected chi connectivity index (χ1v) is 23.7. The number of para-hydroxylation sites is 2. The van der Waals surface area contributed by atoms with E-state index in [0.717, 1.165) is 55.8 Å². The molecule has 0 bridgehead atoms. The van der Waals surface area contributed by atoms with Gasteiger partial charge < -0.3 is 4.57 Å². The molecule has 5 heteroatoms. The maximum atomic E-state index is 5.32. The van der Waals surface area contributed by atoms with E-state index in [1.54, 1.807) is 0 Å². The average Bonchev–Trinajstić information content (AvgIpc) is 3.95. The molecule has 3 aromatic heterocycles. The summed E-state index contributed by atoms with van der Waals surface area (Å²) in [5.41, 5.74) is 15.3. The zero-order valence-corrected chi connectivity index (χ0v) is 37.6. The highest BCUT2D eigenvalue weighted by Crippen LogP contribution is 2.44. The second kappa shape index (κ2) is 16.6. The lowest BCUT2D eigenvalue weighted by Gasteiger charge is -2.16. The summed E-state index contributed by atoms with van der Waals surface area (Å²) in [5, 5.41) is 4.97. The van der Waals surface area contributed by atoms with Crippen LogP contribution in [0.25, 0.3) is 126 Å². The molecule has 13 rings (SSSR count). The molecular formula is C63H40N4S. The molecule has 0 N–H and O–H groups in total. The summed E-state index contributed by atoms with van der Waals surface area (Å²) in [6.45, 7) is 0. The van der Waals surface area contributed by atoms with Gasteiger partial charge in [-0.3, -0.25) is 0 Å². The Morgan fingerprint density at radius 1 is 0.265 bits per heavy atom. The van der Waals surface area contributed by atoms with E-state index in [1.807, 2.05) is 47.7 Å². The van der Waals surface area contributed by atoms with Gasteiger partial charge in [-0.25, -0.2) is 15.0 Å². The second-order valence-electron chi connectivity index (χ2n) is 17.2. The zero-order chi connectivity index (χ0) is 45.0. The molecule has 3 heterocycles. The van der Waals surface area contributed by atoms with Gasteiger partial charge in [0.05, 0.1) is 11.0 Å². The fraction of sp³-hybridized carbons (Fsp3) is 0. The van der Waals surface area contributed by atoms with E-state index in [4.69, 9.17) is 15.0 Å². The molecule has 0 spiro atoms. The summed E-state index contributed by atoms with van der Waals surface area (Å²) < 4.78 is 4.91. The molecule has 0 saturated heterocycles. The van der Waals surface area contributed by atoms with E-state index in [9.17, 15) is 0 Å². The fourth-order valence-electron chi connectivity index (χ4n) is 9.74. The summed E-state index contributed by atoms with van der Waals surface area (Å²) >= 11 is 1.85. The standard InChI is InChI=1S/C63H40N4S/c1-6-18-41(19-7-1)47-34-48(42-20-8-2-9-21-42)36-49(35-47)45-30-32-51(56(37-45)63-65-61(43-22-10-3-11-23-43)64-62(66-63)44-24-12-4-13-25-44)46-31-33-59-54(38-46)55-39-58-53(40-60(55)68-59)52-28-16-17-29-57(52)67(58)50-26-14-5-15-27-50/h1-40H. The van der Waals surface area contributed by atoms with Crippen LogP contribution < -0.4 is 0 Å². The van der Waals surface area contributed by atoms with Crippen molar-refractivity contribution in [2.24, 2.45) is 0 Å². The third-order valence-electron chi connectivity index (χ3n) is 13.0. The molecule has 0 aliphatic carbocycles. The van der Waals surface area contributed by atoms with Gasteiger partial charge in [0.25, 0.3) is 0 Å². The van der Waals surface area contributed by atoms with E-state index in [0.29, 0.717) is 17.5 Å². The summed E-state index contributed by atoms with van der Waals surface area (Å²) in [6.07, 6.45) is 0. The van der Waals surface area contributed by atoms with Crippen LogP contribution in [-0.2, 0) is 0 Å². The quantitative estimate of drug-likeness (QED) is 0.153. The molecule has 0 saturated carbocycles. The Balaban J connectivity index is 1.05. The van der Waals surface area contributed by atoms with Gasteiger partial charge in [-0.05, 0) is 111 Å². The molecule has 4 nitrogen and oxygen atoms in total. The monoisotopic (exact) mass is 884 g/mol. The molecule has 0 unspecified atom stereocenters. The largest absolute Gasteiger partial charge is 0.309 e. The summed E-state index contributed by atoms with van der Waals surface area (Å²) in [5.74, 6) is 1.86. The second-order valence-corrected chi connectivity index (χ2v) is 18.3. The fourth-order valence-corrected chi connectivity index (χ4v) is 10.8. The van der Waals surface area contributed by atoms with Gasteiger partial charge in [-0.1, -0.05) is 176 Å². The van der Waals surface area contributed by atoms with E-state index < -0.39 is 0 Å². The van der Waals surface area contributed by atoms with Crippen LogP contribution in [0.4, 0.5) is 0 Å². The molecule has 68 heavy (non-hydrogen) atoms. The molecule has 10 aromatic carbocycles. The molecule has 318 valence electrons. The number of hydrogen-bond donors (Lipinski definition) is 0.